The van der Waals surface area contributed by atoms with Crippen LogP contribution in [0.15, 0.2) is 12.4 Å². The molecular weight excluding hydrogens is 261 g/mol. The van der Waals surface area contributed by atoms with Gasteiger partial charge in [-0.1, -0.05) is 23.2 Å². The van der Waals surface area contributed by atoms with E-state index in [1.807, 2.05) is 0 Å². The highest BCUT2D eigenvalue weighted by atomic mass is 35.5. The minimum Gasteiger partial charge on any atom is -0.425 e. The van der Waals surface area contributed by atoms with Crippen LogP contribution in [0.4, 0.5) is 17.6 Å². The molecule has 2 nitrogen and oxygen atoms in total. The molecule has 0 aliphatic carbocycles. The van der Waals surface area contributed by atoms with Crippen molar-refractivity contribution in [1.29, 1.82) is 0 Å². The third kappa shape index (κ3) is 2.85. The number of alkyl halides is 4. The van der Waals surface area contributed by atoms with E-state index in [2.05, 4.69) is 9.72 Å². The first-order chi connectivity index (χ1) is 6.84. The van der Waals surface area contributed by atoms with Crippen molar-refractivity contribution in [3.63, 3.8) is 0 Å². The standard InChI is InChI=1S/C7H3Cl2F4NO/c8-3-1-14-2-4(9)5(3)15-7(12,13)6(10)11/h1-2,6H. The molecule has 1 aromatic rings. The van der Waals surface area contributed by atoms with E-state index in [4.69, 9.17) is 23.2 Å². The van der Waals surface area contributed by atoms with Gasteiger partial charge in [-0.3, -0.25) is 4.98 Å². The number of rotatable bonds is 3. The number of hydrogen-bond donors (Lipinski definition) is 0. The molecule has 84 valence electrons. The fourth-order valence-corrected chi connectivity index (χ4v) is 1.12. The maximum absolute atomic E-state index is 12.5. The van der Waals surface area contributed by atoms with Crippen LogP contribution in [0.2, 0.25) is 10.0 Å². The topological polar surface area (TPSA) is 22.1 Å². The lowest BCUT2D eigenvalue weighted by atomic mass is 10.4. The van der Waals surface area contributed by atoms with Gasteiger partial charge in [-0.2, -0.15) is 17.6 Å². The highest BCUT2D eigenvalue weighted by molar-refractivity contribution is 6.36. The van der Waals surface area contributed by atoms with Crippen molar-refractivity contribution in [2.24, 2.45) is 0 Å². The van der Waals surface area contributed by atoms with E-state index in [0.29, 0.717) is 0 Å². The van der Waals surface area contributed by atoms with E-state index in [9.17, 15) is 17.6 Å². The first-order valence-corrected chi connectivity index (χ1v) is 4.24. The number of ether oxygens (including phenoxy) is 1. The summed E-state index contributed by atoms with van der Waals surface area (Å²) in [5.41, 5.74) is 0. The maximum Gasteiger partial charge on any atom is 0.461 e. The third-order valence-corrected chi connectivity index (χ3v) is 1.84. The number of hydrogen-bond acceptors (Lipinski definition) is 2. The molecule has 1 rings (SSSR count). The second-order valence-corrected chi connectivity index (χ2v) is 3.21. The van der Waals surface area contributed by atoms with Gasteiger partial charge in [-0.15, -0.1) is 0 Å². The predicted octanol–water partition coefficient (Wildman–Crippen LogP) is 3.63. The second kappa shape index (κ2) is 4.40. The summed E-state index contributed by atoms with van der Waals surface area (Å²) in [5.74, 6) is -0.723. The van der Waals surface area contributed by atoms with Crippen molar-refractivity contribution in [1.82, 2.24) is 4.98 Å². The first-order valence-electron chi connectivity index (χ1n) is 3.48. The molecule has 15 heavy (non-hydrogen) atoms. The summed E-state index contributed by atoms with van der Waals surface area (Å²) < 4.78 is 52.3. The van der Waals surface area contributed by atoms with E-state index in [-0.39, 0.29) is 10.0 Å². The van der Waals surface area contributed by atoms with Gasteiger partial charge in [0.25, 0.3) is 0 Å². The summed E-state index contributed by atoms with van der Waals surface area (Å²) in [6.45, 7) is 0. The molecule has 0 bridgehead atoms. The maximum atomic E-state index is 12.5. The molecule has 0 aliphatic heterocycles. The second-order valence-electron chi connectivity index (χ2n) is 2.40. The summed E-state index contributed by atoms with van der Waals surface area (Å²) >= 11 is 10.8. The Hall–Kier alpha value is -0.750. The van der Waals surface area contributed by atoms with Crippen molar-refractivity contribution in [2.75, 3.05) is 0 Å². The fraction of sp³-hybridized carbons (Fsp3) is 0.286. The average Bonchev–Trinajstić information content (AvgIpc) is 2.11. The molecule has 0 atom stereocenters. The largest absolute Gasteiger partial charge is 0.461 e. The fourth-order valence-electron chi connectivity index (χ4n) is 0.678. The van der Waals surface area contributed by atoms with Crippen molar-refractivity contribution >= 4 is 23.2 Å². The Morgan fingerprint density at radius 2 is 1.67 bits per heavy atom. The van der Waals surface area contributed by atoms with Crippen LogP contribution in [0.25, 0.3) is 0 Å². The van der Waals surface area contributed by atoms with Crippen molar-refractivity contribution in [3.05, 3.63) is 22.4 Å². The van der Waals surface area contributed by atoms with Gasteiger partial charge >= 0.3 is 12.5 Å². The Balaban J connectivity index is 2.99. The predicted molar refractivity (Wildman–Crippen MR) is 45.8 cm³/mol. The SMILES string of the molecule is FC(F)C(F)(F)Oc1c(Cl)cncc1Cl. The van der Waals surface area contributed by atoms with Gasteiger partial charge in [0, 0.05) is 12.4 Å². The molecule has 1 aromatic heterocycles. The summed E-state index contributed by atoms with van der Waals surface area (Å²) in [5, 5.41) is -0.745. The van der Waals surface area contributed by atoms with E-state index >= 15 is 0 Å². The van der Waals surface area contributed by atoms with Gasteiger partial charge in [0.05, 0.1) is 0 Å². The molecule has 1 heterocycles. The normalized spacial score (nSPS) is 11.9. The van der Waals surface area contributed by atoms with Gasteiger partial charge in [0.1, 0.15) is 10.0 Å². The molecule has 0 spiro atoms. The third-order valence-electron chi connectivity index (χ3n) is 1.30. The van der Waals surface area contributed by atoms with E-state index < -0.39 is 18.3 Å². The summed E-state index contributed by atoms with van der Waals surface area (Å²) in [6, 6.07) is 0. The van der Waals surface area contributed by atoms with Crippen LogP contribution < -0.4 is 4.74 Å². The van der Waals surface area contributed by atoms with Crippen LogP contribution in [-0.2, 0) is 0 Å². The van der Waals surface area contributed by atoms with Crippen LogP contribution in [0.3, 0.4) is 0 Å². The average molecular weight is 264 g/mol. The number of nitrogens with zero attached hydrogens (tertiary/aromatic N) is 1. The Morgan fingerprint density at radius 1 is 1.20 bits per heavy atom. The molecular formula is C7H3Cl2F4NO. The molecule has 0 saturated heterocycles. The Labute approximate surface area is 91.8 Å². The highest BCUT2D eigenvalue weighted by Crippen LogP contribution is 2.36. The lowest BCUT2D eigenvalue weighted by molar-refractivity contribution is -0.253. The van der Waals surface area contributed by atoms with Crippen molar-refractivity contribution < 1.29 is 22.3 Å². The molecule has 0 N–H and O–H groups in total. The summed E-state index contributed by atoms with van der Waals surface area (Å²) in [7, 11) is 0. The van der Waals surface area contributed by atoms with Crippen molar-refractivity contribution in [3.8, 4) is 5.75 Å². The molecule has 0 aromatic carbocycles. The zero-order valence-electron chi connectivity index (χ0n) is 6.86. The summed E-state index contributed by atoms with van der Waals surface area (Å²) in [6.07, 6.45) is -6.72. The lowest BCUT2D eigenvalue weighted by Gasteiger charge is -2.17. The zero-order valence-corrected chi connectivity index (χ0v) is 8.37. The molecule has 0 unspecified atom stereocenters. The van der Waals surface area contributed by atoms with E-state index in [0.717, 1.165) is 12.4 Å². The number of aromatic nitrogens is 1. The lowest BCUT2D eigenvalue weighted by Crippen LogP contribution is -2.33. The van der Waals surface area contributed by atoms with E-state index in [1.165, 1.54) is 0 Å². The zero-order chi connectivity index (χ0) is 11.6. The number of pyridine rings is 1. The van der Waals surface area contributed by atoms with Crippen molar-refractivity contribution in [2.45, 2.75) is 12.5 Å². The highest BCUT2D eigenvalue weighted by Gasteiger charge is 2.44. The van der Waals surface area contributed by atoms with Gasteiger partial charge in [-0.25, -0.2) is 0 Å². The quantitative estimate of drug-likeness (QED) is 0.778. The summed E-state index contributed by atoms with van der Waals surface area (Å²) in [4.78, 5) is 3.44. The Bertz CT molecular complexity index is 341. The van der Waals surface area contributed by atoms with E-state index in [1.54, 1.807) is 0 Å². The smallest absolute Gasteiger partial charge is 0.425 e. The van der Waals surface area contributed by atoms with Gasteiger partial charge in [0.2, 0.25) is 0 Å². The monoisotopic (exact) mass is 263 g/mol. The Morgan fingerprint density at radius 3 is 2.07 bits per heavy atom. The first kappa shape index (κ1) is 12.3. The van der Waals surface area contributed by atoms with Crippen LogP contribution in [0.1, 0.15) is 0 Å². The minimum absolute atomic E-state index is 0.372. The number of halogens is 6. The van der Waals surface area contributed by atoms with Gasteiger partial charge in [-0.05, 0) is 0 Å². The van der Waals surface area contributed by atoms with Crippen LogP contribution >= 0.6 is 23.2 Å². The van der Waals surface area contributed by atoms with Gasteiger partial charge < -0.3 is 4.74 Å². The molecule has 0 radical (unpaired) electrons. The van der Waals surface area contributed by atoms with Crippen LogP contribution in [-0.4, -0.2) is 17.5 Å². The molecule has 0 aliphatic rings. The molecule has 0 amide bonds. The molecule has 0 fully saturated rings. The van der Waals surface area contributed by atoms with Gasteiger partial charge in [0.15, 0.2) is 5.75 Å². The Kier molecular flexibility index (Phi) is 3.62. The molecule has 8 heteroatoms. The van der Waals surface area contributed by atoms with Crippen LogP contribution in [0.5, 0.6) is 5.75 Å². The minimum atomic E-state index is -4.64. The molecule has 0 saturated carbocycles. The van der Waals surface area contributed by atoms with Crippen LogP contribution in [0, 0.1) is 0 Å².